The number of ether oxygens (including phenoxy) is 1. The third-order valence-electron chi connectivity index (χ3n) is 6.97. The minimum Gasteiger partial charge on any atom is -0.383 e. The highest BCUT2D eigenvalue weighted by atomic mass is 32.2. The predicted molar refractivity (Wildman–Crippen MR) is 143 cm³/mol. The van der Waals surface area contributed by atoms with Crippen LogP contribution in [0.15, 0.2) is 41.5 Å². The molecule has 1 aromatic heterocycles. The van der Waals surface area contributed by atoms with E-state index in [0.29, 0.717) is 18.7 Å². The van der Waals surface area contributed by atoms with E-state index in [0.717, 1.165) is 6.26 Å². The van der Waals surface area contributed by atoms with Gasteiger partial charge >= 0.3 is 0 Å². The van der Waals surface area contributed by atoms with E-state index in [1.807, 2.05) is 4.90 Å². The largest absolute Gasteiger partial charge is 0.383 e. The van der Waals surface area contributed by atoms with Crippen molar-refractivity contribution in [3.05, 3.63) is 64.2 Å². The Labute approximate surface area is 221 Å². The normalized spacial score (nSPS) is 13.7. The van der Waals surface area contributed by atoms with Crippen molar-refractivity contribution in [1.29, 1.82) is 0 Å². The standard InChI is InChI=1S/C27H33F2N3O5S/c1-6-23(33)27(2,38(5,35)36)11-12-32-17-30-22-15-18(7-10-21(22)26(32)34)20-9-8-19(24(28)25(20)29)16-31(3)13-14-37-4/h7-10,15,17H,6,11-14,16H2,1-5H3/t27-/m1/s1. The summed E-state index contributed by atoms with van der Waals surface area (Å²) in [4.78, 5) is 31.6. The van der Waals surface area contributed by atoms with E-state index in [1.165, 1.54) is 48.1 Å². The molecule has 8 nitrogen and oxygen atoms in total. The number of likely N-dealkylation sites (N-methyl/N-ethyl adjacent to an activating group) is 1. The number of ketones is 1. The van der Waals surface area contributed by atoms with Gasteiger partial charge in [0.2, 0.25) is 0 Å². The van der Waals surface area contributed by atoms with Gasteiger partial charge in [0.1, 0.15) is 4.75 Å². The Morgan fingerprint density at radius 3 is 2.53 bits per heavy atom. The summed E-state index contributed by atoms with van der Waals surface area (Å²) >= 11 is 0. The van der Waals surface area contributed by atoms with Gasteiger partial charge in [0.15, 0.2) is 27.3 Å². The maximum absolute atomic E-state index is 15.0. The number of nitrogens with zero attached hydrogens (tertiary/aromatic N) is 3. The number of halogens is 2. The zero-order valence-electron chi connectivity index (χ0n) is 22.3. The number of rotatable bonds is 12. The number of carbonyl (C=O) groups is 1. The van der Waals surface area contributed by atoms with Gasteiger partial charge in [-0.3, -0.25) is 19.1 Å². The van der Waals surface area contributed by atoms with E-state index < -0.39 is 37.6 Å². The van der Waals surface area contributed by atoms with Gasteiger partial charge in [0.25, 0.3) is 5.56 Å². The number of methoxy groups -OCH3 is 1. The first-order valence-electron chi connectivity index (χ1n) is 12.2. The smallest absolute Gasteiger partial charge is 0.261 e. The highest BCUT2D eigenvalue weighted by molar-refractivity contribution is 7.92. The van der Waals surface area contributed by atoms with Crippen LogP contribution in [0.25, 0.3) is 22.0 Å². The lowest BCUT2D eigenvalue weighted by Crippen LogP contribution is -2.44. The molecule has 0 spiro atoms. The van der Waals surface area contributed by atoms with Crippen molar-refractivity contribution in [2.75, 3.05) is 33.6 Å². The van der Waals surface area contributed by atoms with Gasteiger partial charge in [-0.2, -0.15) is 0 Å². The number of aromatic nitrogens is 2. The Hall–Kier alpha value is -3.02. The van der Waals surface area contributed by atoms with Crippen LogP contribution < -0.4 is 5.56 Å². The first kappa shape index (κ1) is 29.5. The lowest BCUT2D eigenvalue weighted by molar-refractivity contribution is -0.121. The molecule has 0 unspecified atom stereocenters. The first-order chi connectivity index (χ1) is 17.8. The van der Waals surface area contributed by atoms with E-state index >= 15 is 4.39 Å². The molecule has 1 atom stereocenters. The minimum atomic E-state index is -3.72. The van der Waals surface area contributed by atoms with Gasteiger partial charge in [-0.25, -0.2) is 22.2 Å². The Bertz CT molecular complexity index is 1510. The second-order valence-corrected chi connectivity index (χ2v) is 12.1. The molecule has 3 rings (SSSR count). The Morgan fingerprint density at radius 1 is 1.18 bits per heavy atom. The topological polar surface area (TPSA) is 98.6 Å². The maximum atomic E-state index is 15.0. The van der Waals surface area contributed by atoms with Gasteiger partial charge in [0, 0.05) is 50.5 Å². The average Bonchev–Trinajstić information content (AvgIpc) is 2.88. The fraction of sp³-hybridized carbons (Fsp3) is 0.444. The fourth-order valence-corrected chi connectivity index (χ4v) is 5.30. The van der Waals surface area contributed by atoms with Crippen LogP contribution in [0.3, 0.4) is 0 Å². The van der Waals surface area contributed by atoms with Gasteiger partial charge in [-0.1, -0.05) is 25.1 Å². The van der Waals surface area contributed by atoms with E-state index in [9.17, 15) is 22.4 Å². The molecule has 11 heteroatoms. The van der Waals surface area contributed by atoms with E-state index in [4.69, 9.17) is 4.74 Å². The second-order valence-electron chi connectivity index (χ2n) is 9.64. The number of benzene rings is 2. The molecule has 0 bridgehead atoms. The molecule has 206 valence electrons. The molecule has 0 aliphatic carbocycles. The van der Waals surface area contributed by atoms with Crippen molar-refractivity contribution < 1.29 is 26.7 Å². The molecule has 2 aromatic carbocycles. The molecule has 38 heavy (non-hydrogen) atoms. The number of carbonyl (C=O) groups excluding carboxylic acids is 1. The van der Waals surface area contributed by atoms with Gasteiger partial charge in [0.05, 0.1) is 23.8 Å². The third-order valence-corrected chi connectivity index (χ3v) is 9.04. The molecule has 0 aliphatic heterocycles. The second kappa shape index (κ2) is 11.8. The zero-order chi connectivity index (χ0) is 28.3. The van der Waals surface area contributed by atoms with E-state index in [-0.39, 0.29) is 48.0 Å². The lowest BCUT2D eigenvalue weighted by Gasteiger charge is -2.26. The Morgan fingerprint density at radius 2 is 1.89 bits per heavy atom. The summed E-state index contributed by atoms with van der Waals surface area (Å²) in [5.74, 6) is -2.35. The summed E-state index contributed by atoms with van der Waals surface area (Å²) in [7, 11) is -0.362. The summed E-state index contributed by atoms with van der Waals surface area (Å²) in [5.41, 5.74) is 0.468. The van der Waals surface area contributed by atoms with Crippen molar-refractivity contribution in [2.24, 2.45) is 0 Å². The molecular weight excluding hydrogens is 516 g/mol. The van der Waals surface area contributed by atoms with Gasteiger partial charge in [-0.15, -0.1) is 0 Å². The van der Waals surface area contributed by atoms with Crippen molar-refractivity contribution in [2.45, 2.75) is 44.5 Å². The summed E-state index contributed by atoms with van der Waals surface area (Å²) < 4.78 is 59.1. The number of fused-ring (bicyclic) bond motifs is 1. The van der Waals surface area contributed by atoms with Crippen LogP contribution in [-0.2, 0) is 32.5 Å². The molecule has 0 saturated heterocycles. The monoisotopic (exact) mass is 549 g/mol. The summed E-state index contributed by atoms with van der Waals surface area (Å²) in [6.45, 7) is 4.19. The lowest BCUT2D eigenvalue weighted by atomic mass is 9.99. The molecule has 0 aliphatic rings. The van der Waals surface area contributed by atoms with Crippen LogP contribution in [0.4, 0.5) is 8.78 Å². The highest BCUT2D eigenvalue weighted by Gasteiger charge is 2.41. The molecule has 0 fully saturated rings. The number of Topliss-reactive ketones (excluding diaryl/α,β-unsaturated/α-hetero) is 1. The summed E-state index contributed by atoms with van der Waals surface area (Å²) in [6, 6.07) is 7.52. The van der Waals surface area contributed by atoms with Crippen molar-refractivity contribution in [1.82, 2.24) is 14.5 Å². The summed E-state index contributed by atoms with van der Waals surface area (Å²) in [5, 5.41) is 0.233. The Kier molecular flexibility index (Phi) is 9.17. The average molecular weight is 550 g/mol. The van der Waals surface area contributed by atoms with Crippen LogP contribution in [0, 0.1) is 11.6 Å². The van der Waals surface area contributed by atoms with Crippen molar-refractivity contribution in [3.63, 3.8) is 0 Å². The van der Waals surface area contributed by atoms with Crippen molar-refractivity contribution in [3.8, 4) is 11.1 Å². The first-order valence-corrected chi connectivity index (χ1v) is 14.1. The van der Waals surface area contributed by atoms with Crippen LogP contribution in [0.5, 0.6) is 0 Å². The Balaban J connectivity index is 1.90. The van der Waals surface area contributed by atoms with Crippen LogP contribution in [0.2, 0.25) is 0 Å². The predicted octanol–water partition coefficient (Wildman–Crippen LogP) is 3.59. The third kappa shape index (κ3) is 6.00. The SMILES string of the molecule is CCC(=O)[C@@](C)(CCn1cnc2cc(-c3ccc(CN(C)CCOC)c(F)c3F)ccc2c1=O)S(C)(=O)=O. The molecule has 1 heterocycles. The maximum Gasteiger partial charge on any atom is 0.261 e. The molecule has 3 aromatic rings. The van der Waals surface area contributed by atoms with Crippen LogP contribution >= 0.6 is 0 Å². The molecule has 0 saturated carbocycles. The quantitative estimate of drug-likeness (QED) is 0.341. The molecule has 0 N–H and O–H groups in total. The van der Waals surface area contributed by atoms with Crippen molar-refractivity contribution >= 4 is 26.5 Å². The van der Waals surface area contributed by atoms with Gasteiger partial charge < -0.3 is 4.74 Å². The molecular formula is C27H33F2N3O5S. The summed E-state index contributed by atoms with van der Waals surface area (Å²) in [6.07, 6.45) is 2.25. The highest BCUT2D eigenvalue weighted by Crippen LogP contribution is 2.29. The number of hydrogen-bond acceptors (Lipinski definition) is 7. The zero-order valence-corrected chi connectivity index (χ0v) is 23.1. The molecule has 0 amide bonds. The number of sulfone groups is 1. The van der Waals surface area contributed by atoms with Gasteiger partial charge in [-0.05, 0) is 38.1 Å². The van der Waals surface area contributed by atoms with Crippen LogP contribution in [0.1, 0.15) is 32.3 Å². The van der Waals surface area contributed by atoms with E-state index in [2.05, 4.69) is 4.98 Å². The number of aryl methyl sites for hydroxylation is 1. The van der Waals surface area contributed by atoms with E-state index in [1.54, 1.807) is 21.1 Å². The molecule has 0 radical (unpaired) electrons. The minimum absolute atomic E-state index is 0.0288. The fourth-order valence-electron chi connectivity index (χ4n) is 4.28. The number of hydrogen-bond donors (Lipinski definition) is 0. The van der Waals surface area contributed by atoms with Crippen LogP contribution in [-0.4, -0.2) is 67.0 Å².